The van der Waals surface area contributed by atoms with Gasteiger partial charge < -0.3 is 19.2 Å². The molecule has 1 N–H and O–H groups in total. The van der Waals surface area contributed by atoms with Crippen molar-refractivity contribution in [3.05, 3.63) is 47.9 Å². The van der Waals surface area contributed by atoms with E-state index in [2.05, 4.69) is 5.32 Å². The van der Waals surface area contributed by atoms with Gasteiger partial charge in [-0.1, -0.05) is 0 Å². The highest BCUT2D eigenvalue weighted by molar-refractivity contribution is 5.76. The fraction of sp³-hybridized carbons (Fsp3) is 0.353. The van der Waals surface area contributed by atoms with Crippen LogP contribution in [0.25, 0.3) is 0 Å². The summed E-state index contributed by atoms with van der Waals surface area (Å²) < 4.78 is 15.7. The molecule has 2 aromatic rings. The molecule has 0 unspecified atom stereocenters. The van der Waals surface area contributed by atoms with Crippen LogP contribution < -0.4 is 14.8 Å². The number of furan rings is 1. The Morgan fingerprint density at radius 1 is 1.14 bits per heavy atom. The van der Waals surface area contributed by atoms with Crippen LogP contribution in [0.5, 0.6) is 11.5 Å². The van der Waals surface area contributed by atoms with E-state index in [1.165, 1.54) is 0 Å². The zero-order chi connectivity index (χ0) is 15.8. The summed E-state index contributed by atoms with van der Waals surface area (Å²) in [4.78, 5) is 11.8. The average molecular weight is 303 g/mol. The van der Waals surface area contributed by atoms with E-state index in [0.717, 1.165) is 22.8 Å². The van der Waals surface area contributed by atoms with Crippen LogP contribution in [0.3, 0.4) is 0 Å². The van der Waals surface area contributed by atoms with E-state index in [1.807, 2.05) is 30.3 Å². The third-order valence-electron chi connectivity index (χ3n) is 3.33. The number of carbonyl (C=O) groups is 1. The van der Waals surface area contributed by atoms with Crippen molar-refractivity contribution in [3.8, 4) is 11.5 Å². The fourth-order valence-corrected chi connectivity index (χ4v) is 2.14. The maximum Gasteiger partial charge on any atom is 0.220 e. The Kier molecular flexibility index (Phi) is 5.89. The zero-order valence-electron chi connectivity index (χ0n) is 12.9. The smallest absolute Gasteiger partial charge is 0.220 e. The molecule has 1 aromatic heterocycles. The molecule has 5 nitrogen and oxygen atoms in total. The lowest BCUT2D eigenvalue weighted by molar-refractivity contribution is -0.121. The lowest BCUT2D eigenvalue weighted by atomic mass is 10.1. The number of carbonyl (C=O) groups excluding carboxylic acids is 1. The molecule has 118 valence electrons. The molecule has 0 saturated carbocycles. The maximum atomic E-state index is 11.8. The quantitative estimate of drug-likeness (QED) is 0.814. The van der Waals surface area contributed by atoms with Gasteiger partial charge in [0.1, 0.15) is 17.3 Å². The molecular weight excluding hydrogens is 282 g/mol. The van der Waals surface area contributed by atoms with Crippen LogP contribution in [-0.4, -0.2) is 26.7 Å². The molecule has 0 radical (unpaired) electrons. The predicted molar refractivity (Wildman–Crippen MR) is 83.3 cm³/mol. The van der Waals surface area contributed by atoms with Crippen LogP contribution in [-0.2, 0) is 17.6 Å². The highest BCUT2D eigenvalue weighted by Gasteiger charge is 2.06. The summed E-state index contributed by atoms with van der Waals surface area (Å²) in [5.74, 6) is 2.35. The summed E-state index contributed by atoms with van der Waals surface area (Å²) in [5.41, 5.74) is 1.01. The standard InChI is InChI=1S/C17H21NO4/c1-20-15-10-13(11-16(12-15)21-2)5-6-17(19)18-8-7-14-4-3-9-22-14/h3-4,9-12H,5-8H2,1-2H3,(H,18,19). The Labute approximate surface area is 130 Å². The Bertz CT molecular complexity index is 570. The molecule has 1 heterocycles. The minimum atomic E-state index is 0.0216. The van der Waals surface area contributed by atoms with Gasteiger partial charge in [-0.15, -0.1) is 0 Å². The van der Waals surface area contributed by atoms with E-state index in [1.54, 1.807) is 20.5 Å². The Morgan fingerprint density at radius 2 is 1.86 bits per heavy atom. The van der Waals surface area contributed by atoms with Crippen molar-refractivity contribution in [1.82, 2.24) is 5.32 Å². The molecule has 0 aliphatic rings. The van der Waals surface area contributed by atoms with Crippen LogP contribution in [0.1, 0.15) is 17.7 Å². The van der Waals surface area contributed by atoms with Gasteiger partial charge in [0.25, 0.3) is 0 Å². The lowest BCUT2D eigenvalue weighted by Gasteiger charge is -2.08. The van der Waals surface area contributed by atoms with Crippen molar-refractivity contribution >= 4 is 5.91 Å². The van der Waals surface area contributed by atoms with Gasteiger partial charge in [-0.2, -0.15) is 0 Å². The minimum Gasteiger partial charge on any atom is -0.497 e. The first-order chi connectivity index (χ1) is 10.7. The van der Waals surface area contributed by atoms with Crippen LogP contribution >= 0.6 is 0 Å². The number of hydrogen-bond acceptors (Lipinski definition) is 4. The van der Waals surface area contributed by atoms with E-state index < -0.39 is 0 Å². The van der Waals surface area contributed by atoms with Crippen molar-refractivity contribution in [3.63, 3.8) is 0 Å². The van der Waals surface area contributed by atoms with Gasteiger partial charge in [0.2, 0.25) is 5.91 Å². The predicted octanol–water partition coefficient (Wildman–Crippen LogP) is 2.59. The Hall–Kier alpha value is -2.43. The molecule has 2 rings (SSSR count). The van der Waals surface area contributed by atoms with Crippen molar-refractivity contribution in [2.45, 2.75) is 19.3 Å². The van der Waals surface area contributed by atoms with E-state index in [4.69, 9.17) is 13.9 Å². The summed E-state index contributed by atoms with van der Waals surface area (Å²) in [6.07, 6.45) is 3.40. The van der Waals surface area contributed by atoms with E-state index >= 15 is 0 Å². The molecule has 0 bridgehead atoms. The number of ether oxygens (including phenoxy) is 2. The number of hydrogen-bond donors (Lipinski definition) is 1. The number of benzene rings is 1. The molecule has 0 saturated heterocycles. The second-order valence-corrected chi connectivity index (χ2v) is 4.90. The van der Waals surface area contributed by atoms with Crippen LogP contribution in [0, 0.1) is 0 Å². The molecule has 1 aromatic carbocycles. The first kappa shape index (κ1) is 15.9. The maximum absolute atomic E-state index is 11.8. The van der Waals surface area contributed by atoms with Crippen molar-refractivity contribution in [2.75, 3.05) is 20.8 Å². The minimum absolute atomic E-state index is 0.0216. The molecule has 5 heteroatoms. The largest absolute Gasteiger partial charge is 0.497 e. The van der Waals surface area contributed by atoms with Gasteiger partial charge in [-0.3, -0.25) is 4.79 Å². The molecule has 0 spiro atoms. The molecule has 0 fully saturated rings. The fourth-order valence-electron chi connectivity index (χ4n) is 2.14. The first-order valence-electron chi connectivity index (χ1n) is 7.22. The number of methoxy groups -OCH3 is 2. The highest BCUT2D eigenvalue weighted by atomic mass is 16.5. The van der Waals surface area contributed by atoms with Crippen molar-refractivity contribution < 1.29 is 18.7 Å². The topological polar surface area (TPSA) is 60.7 Å². The van der Waals surface area contributed by atoms with Gasteiger partial charge in [0.15, 0.2) is 0 Å². The molecule has 0 aliphatic heterocycles. The molecule has 1 amide bonds. The second-order valence-electron chi connectivity index (χ2n) is 4.90. The zero-order valence-corrected chi connectivity index (χ0v) is 12.9. The van der Waals surface area contributed by atoms with Crippen molar-refractivity contribution in [2.24, 2.45) is 0 Å². The van der Waals surface area contributed by atoms with E-state index in [9.17, 15) is 4.79 Å². The first-order valence-corrected chi connectivity index (χ1v) is 7.22. The normalized spacial score (nSPS) is 10.3. The number of amides is 1. The summed E-state index contributed by atoms with van der Waals surface area (Å²) in [6, 6.07) is 9.38. The van der Waals surface area contributed by atoms with E-state index in [-0.39, 0.29) is 5.91 Å². The lowest BCUT2D eigenvalue weighted by Crippen LogP contribution is -2.25. The Morgan fingerprint density at radius 3 is 2.45 bits per heavy atom. The summed E-state index contributed by atoms with van der Waals surface area (Å²) in [5, 5.41) is 2.89. The molecule has 22 heavy (non-hydrogen) atoms. The van der Waals surface area contributed by atoms with Gasteiger partial charge in [0, 0.05) is 25.5 Å². The molecule has 0 aliphatic carbocycles. The SMILES string of the molecule is COc1cc(CCC(=O)NCCc2ccco2)cc(OC)c1. The van der Waals surface area contributed by atoms with Crippen LogP contribution in [0.4, 0.5) is 0 Å². The van der Waals surface area contributed by atoms with Crippen molar-refractivity contribution in [1.29, 1.82) is 0 Å². The Balaban J connectivity index is 1.78. The summed E-state index contributed by atoms with van der Waals surface area (Å²) in [6.45, 7) is 0.577. The number of rotatable bonds is 8. The molecular formula is C17H21NO4. The monoisotopic (exact) mass is 303 g/mol. The number of nitrogens with one attached hydrogen (secondary N) is 1. The summed E-state index contributed by atoms with van der Waals surface area (Å²) >= 11 is 0. The third kappa shape index (κ3) is 4.84. The van der Waals surface area contributed by atoms with Crippen LogP contribution in [0.2, 0.25) is 0 Å². The van der Waals surface area contributed by atoms with Gasteiger partial charge in [-0.25, -0.2) is 0 Å². The third-order valence-corrected chi connectivity index (χ3v) is 3.33. The highest BCUT2D eigenvalue weighted by Crippen LogP contribution is 2.23. The van der Waals surface area contributed by atoms with E-state index in [0.29, 0.717) is 25.8 Å². The molecule has 0 atom stereocenters. The second kappa shape index (κ2) is 8.12. The number of aryl methyl sites for hydroxylation is 1. The van der Waals surface area contributed by atoms with Crippen LogP contribution in [0.15, 0.2) is 41.0 Å². The van der Waals surface area contributed by atoms with Gasteiger partial charge >= 0.3 is 0 Å². The van der Waals surface area contributed by atoms with Gasteiger partial charge in [-0.05, 0) is 36.2 Å². The van der Waals surface area contributed by atoms with Gasteiger partial charge in [0.05, 0.1) is 20.5 Å². The average Bonchev–Trinajstić information content (AvgIpc) is 3.06. The summed E-state index contributed by atoms with van der Waals surface area (Å²) in [7, 11) is 3.22.